The molecule has 2 atom stereocenters. The molecule has 0 saturated carbocycles. The van der Waals surface area contributed by atoms with Crippen molar-refractivity contribution in [1.82, 2.24) is 5.32 Å². The summed E-state index contributed by atoms with van der Waals surface area (Å²) in [5, 5.41) is 3.75. The van der Waals surface area contributed by atoms with Crippen molar-refractivity contribution in [3.05, 3.63) is 34.9 Å². The van der Waals surface area contributed by atoms with Gasteiger partial charge in [-0.25, -0.2) is 0 Å². The van der Waals surface area contributed by atoms with Crippen LogP contribution in [0.15, 0.2) is 24.3 Å². The van der Waals surface area contributed by atoms with Gasteiger partial charge in [0.15, 0.2) is 0 Å². The van der Waals surface area contributed by atoms with E-state index < -0.39 is 0 Å². The third kappa shape index (κ3) is 6.49. The molecule has 0 fully saturated rings. The van der Waals surface area contributed by atoms with Gasteiger partial charge in [0.25, 0.3) is 0 Å². The van der Waals surface area contributed by atoms with Gasteiger partial charge in [-0.15, -0.1) is 0 Å². The van der Waals surface area contributed by atoms with Gasteiger partial charge in [-0.05, 0) is 55.8 Å². The predicted octanol–water partition coefficient (Wildman–Crippen LogP) is 3.92. The third-order valence-electron chi connectivity index (χ3n) is 3.97. The lowest BCUT2D eigenvalue weighted by Crippen LogP contribution is -2.27. The topological polar surface area (TPSA) is 55.1 Å². The smallest absolute Gasteiger partial charge is 0.220 e. The fourth-order valence-corrected chi connectivity index (χ4v) is 2.62. The number of carbonyl (C=O) groups is 1. The van der Waals surface area contributed by atoms with Gasteiger partial charge in [0.05, 0.1) is 6.04 Å². The van der Waals surface area contributed by atoms with E-state index in [-0.39, 0.29) is 11.9 Å². The van der Waals surface area contributed by atoms with Crippen molar-refractivity contribution in [2.45, 2.75) is 46.1 Å². The SMILES string of the molecule is CC(C)C(CCN)CCC(=O)N[C@H](C)c1ccc(Cl)cc1. The van der Waals surface area contributed by atoms with Crippen molar-refractivity contribution in [2.24, 2.45) is 17.6 Å². The van der Waals surface area contributed by atoms with Crippen molar-refractivity contribution in [3.63, 3.8) is 0 Å². The number of rotatable bonds is 8. The Morgan fingerprint density at radius 2 is 1.81 bits per heavy atom. The molecule has 0 aliphatic heterocycles. The molecule has 118 valence electrons. The molecule has 0 aliphatic carbocycles. The van der Waals surface area contributed by atoms with Crippen LogP contribution in [-0.2, 0) is 4.79 Å². The molecule has 4 heteroatoms. The number of hydrogen-bond acceptors (Lipinski definition) is 2. The summed E-state index contributed by atoms with van der Waals surface area (Å²) >= 11 is 5.87. The molecule has 1 amide bonds. The van der Waals surface area contributed by atoms with Crippen LogP contribution in [0.4, 0.5) is 0 Å². The van der Waals surface area contributed by atoms with Crippen LogP contribution in [0.2, 0.25) is 5.02 Å². The highest BCUT2D eigenvalue weighted by atomic mass is 35.5. The van der Waals surface area contributed by atoms with E-state index in [4.69, 9.17) is 17.3 Å². The molecule has 0 heterocycles. The quantitative estimate of drug-likeness (QED) is 0.764. The highest BCUT2D eigenvalue weighted by Gasteiger charge is 2.15. The van der Waals surface area contributed by atoms with Gasteiger partial charge < -0.3 is 11.1 Å². The van der Waals surface area contributed by atoms with E-state index in [1.807, 2.05) is 31.2 Å². The minimum absolute atomic E-state index is 0.00164. The molecule has 1 unspecified atom stereocenters. The van der Waals surface area contributed by atoms with Crippen LogP contribution in [0.1, 0.15) is 51.6 Å². The number of amides is 1. The molecule has 3 nitrogen and oxygen atoms in total. The van der Waals surface area contributed by atoms with E-state index in [1.165, 1.54) is 0 Å². The molecule has 0 aromatic heterocycles. The summed E-state index contributed by atoms with van der Waals surface area (Å²) in [5.74, 6) is 1.18. The van der Waals surface area contributed by atoms with E-state index in [0.717, 1.165) is 18.4 Å². The van der Waals surface area contributed by atoms with Crippen molar-refractivity contribution >= 4 is 17.5 Å². The highest BCUT2D eigenvalue weighted by molar-refractivity contribution is 6.30. The summed E-state index contributed by atoms with van der Waals surface area (Å²) in [6, 6.07) is 7.57. The normalized spacial score (nSPS) is 14.0. The van der Waals surface area contributed by atoms with Crippen molar-refractivity contribution in [3.8, 4) is 0 Å². The third-order valence-corrected chi connectivity index (χ3v) is 4.22. The van der Waals surface area contributed by atoms with Gasteiger partial charge >= 0.3 is 0 Å². The Balaban J connectivity index is 2.44. The predicted molar refractivity (Wildman–Crippen MR) is 89.2 cm³/mol. The summed E-state index contributed by atoms with van der Waals surface area (Å²) in [4.78, 5) is 12.1. The number of carbonyl (C=O) groups excluding carboxylic acids is 1. The molecule has 1 rings (SSSR count). The summed E-state index contributed by atoms with van der Waals surface area (Å²) in [6.07, 6.45) is 2.44. The summed E-state index contributed by atoms with van der Waals surface area (Å²) < 4.78 is 0. The lowest BCUT2D eigenvalue weighted by Gasteiger charge is -2.20. The van der Waals surface area contributed by atoms with Crippen LogP contribution in [0.5, 0.6) is 0 Å². The van der Waals surface area contributed by atoms with Gasteiger partial charge in [-0.2, -0.15) is 0 Å². The van der Waals surface area contributed by atoms with Crippen LogP contribution in [0.3, 0.4) is 0 Å². The fourth-order valence-electron chi connectivity index (χ4n) is 2.49. The average Bonchev–Trinajstić information content (AvgIpc) is 2.43. The number of nitrogens with one attached hydrogen (secondary N) is 1. The summed E-state index contributed by atoms with van der Waals surface area (Å²) in [7, 11) is 0. The van der Waals surface area contributed by atoms with Crippen LogP contribution < -0.4 is 11.1 Å². The van der Waals surface area contributed by atoms with Crippen LogP contribution in [-0.4, -0.2) is 12.5 Å². The second-order valence-electron chi connectivity index (χ2n) is 5.96. The molecule has 21 heavy (non-hydrogen) atoms. The maximum Gasteiger partial charge on any atom is 0.220 e. The zero-order valence-corrected chi connectivity index (χ0v) is 14.0. The summed E-state index contributed by atoms with van der Waals surface area (Å²) in [6.45, 7) is 7.05. The number of halogens is 1. The molecular formula is C17H27ClN2O. The molecule has 0 radical (unpaired) electrons. The van der Waals surface area contributed by atoms with Gasteiger partial charge in [0, 0.05) is 11.4 Å². The Bertz CT molecular complexity index is 431. The molecular weight excluding hydrogens is 284 g/mol. The second-order valence-corrected chi connectivity index (χ2v) is 6.40. The Morgan fingerprint density at radius 1 is 1.19 bits per heavy atom. The number of hydrogen-bond donors (Lipinski definition) is 2. The molecule has 0 bridgehead atoms. The van der Waals surface area contributed by atoms with E-state index in [0.29, 0.717) is 29.8 Å². The van der Waals surface area contributed by atoms with Gasteiger partial charge in [0.2, 0.25) is 5.91 Å². The number of nitrogens with two attached hydrogens (primary N) is 1. The van der Waals surface area contributed by atoms with Crippen molar-refractivity contribution in [2.75, 3.05) is 6.54 Å². The van der Waals surface area contributed by atoms with Gasteiger partial charge in [0.1, 0.15) is 0 Å². The van der Waals surface area contributed by atoms with E-state index in [2.05, 4.69) is 19.2 Å². The highest BCUT2D eigenvalue weighted by Crippen LogP contribution is 2.21. The van der Waals surface area contributed by atoms with Crippen LogP contribution >= 0.6 is 11.6 Å². The monoisotopic (exact) mass is 310 g/mol. The Morgan fingerprint density at radius 3 is 2.33 bits per heavy atom. The van der Waals surface area contributed by atoms with Crippen LogP contribution in [0, 0.1) is 11.8 Å². The minimum atomic E-state index is 0.00164. The largest absolute Gasteiger partial charge is 0.350 e. The second kappa shape index (κ2) is 9.06. The van der Waals surface area contributed by atoms with Crippen molar-refractivity contribution in [1.29, 1.82) is 0 Å². The van der Waals surface area contributed by atoms with Gasteiger partial charge in [-0.3, -0.25) is 4.79 Å². The fraction of sp³-hybridized carbons (Fsp3) is 0.588. The molecule has 1 aromatic rings. The number of benzene rings is 1. The lowest BCUT2D eigenvalue weighted by molar-refractivity contribution is -0.122. The first-order valence-corrected chi connectivity index (χ1v) is 8.06. The van der Waals surface area contributed by atoms with Crippen molar-refractivity contribution < 1.29 is 4.79 Å². The van der Waals surface area contributed by atoms with E-state index in [9.17, 15) is 4.79 Å². The van der Waals surface area contributed by atoms with Gasteiger partial charge in [-0.1, -0.05) is 37.6 Å². The zero-order valence-electron chi connectivity index (χ0n) is 13.2. The van der Waals surface area contributed by atoms with Crippen LogP contribution in [0.25, 0.3) is 0 Å². The molecule has 3 N–H and O–H groups in total. The molecule has 0 spiro atoms. The Labute approximate surface area is 133 Å². The first-order valence-electron chi connectivity index (χ1n) is 7.69. The maximum atomic E-state index is 12.1. The maximum absolute atomic E-state index is 12.1. The molecule has 0 saturated heterocycles. The lowest BCUT2D eigenvalue weighted by atomic mass is 9.88. The Kier molecular flexibility index (Phi) is 7.76. The average molecular weight is 311 g/mol. The molecule has 1 aromatic carbocycles. The summed E-state index contributed by atoms with van der Waals surface area (Å²) in [5.41, 5.74) is 6.70. The zero-order chi connectivity index (χ0) is 15.8. The molecule has 0 aliphatic rings. The standard InChI is InChI=1S/C17H27ClN2O/c1-12(2)14(10-11-19)6-9-17(21)20-13(3)15-4-7-16(18)8-5-15/h4-5,7-8,12-14H,6,9-11,19H2,1-3H3,(H,20,21)/t13-,14?/m1/s1. The first kappa shape index (κ1) is 18.0. The van der Waals surface area contributed by atoms with E-state index >= 15 is 0 Å². The minimum Gasteiger partial charge on any atom is -0.350 e. The first-order chi connectivity index (χ1) is 9.93. The Hall–Kier alpha value is -1.06. The van der Waals surface area contributed by atoms with E-state index in [1.54, 1.807) is 0 Å².